The van der Waals surface area contributed by atoms with Crippen molar-refractivity contribution in [3.05, 3.63) is 95.8 Å². The smallest absolute Gasteiger partial charge is 0.0707 e. The SMILES string of the molecule is Cn1cccc1CN(Cc1ccccc1)CC(O)Cc1ccccc1. The molecule has 3 aromatic rings. The van der Waals surface area contributed by atoms with Gasteiger partial charge in [-0.1, -0.05) is 60.7 Å². The maximum atomic E-state index is 10.6. The van der Waals surface area contributed by atoms with Gasteiger partial charge in [-0.3, -0.25) is 4.90 Å². The minimum absolute atomic E-state index is 0.383. The van der Waals surface area contributed by atoms with Crippen molar-refractivity contribution >= 4 is 0 Å². The number of aliphatic hydroxyl groups excluding tert-OH is 1. The van der Waals surface area contributed by atoms with Crippen molar-refractivity contribution in [1.29, 1.82) is 0 Å². The zero-order chi connectivity index (χ0) is 17.5. The third-order valence-electron chi connectivity index (χ3n) is 4.47. The van der Waals surface area contributed by atoms with Gasteiger partial charge in [0.05, 0.1) is 6.10 Å². The first-order valence-corrected chi connectivity index (χ1v) is 8.79. The van der Waals surface area contributed by atoms with Crippen LogP contribution >= 0.6 is 0 Å². The molecule has 3 heteroatoms. The van der Waals surface area contributed by atoms with E-state index in [0.717, 1.165) is 13.1 Å². The summed E-state index contributed by atoms with van der Waals surface area (Å²) in [6, 6.07) is 24.8. The molecule has 1 heterocycles. The summed E-state index contributed by atoms with van der Waals surface area (Å²) < 4.78 is 2.14. The van der Waals surface area contributed by atoms with Gasteiger partial charge in [0.25, 0.3) is 0 Å². The van der Waals surface area contributed by atoms with Crippen LogP contribution in [0.25, 0.3) is 0 Å². The summed E-state index contributed by atoms with van der Waals surface area (Å²) in [5.41, 5.74) is 3.69. The Morgan fingerprint density at radius 1 is 0.840 bits per heavy atom. The highest BCUT2D eigenvalue weighted by Crippen LogP contribution is 2.13. The van der Waals surface area contributed by atoms with Crippen molar-refractivity contribution in [2.75, 3.05) is 6.54 Å². The highest BCUT2D eigenvalue weighted by molar-refractivity contribution is 5.17. The highest BCUT2D eigenvalue weighted by Gasteiger charge is 2.14. The molecule has 25 heavy (non-hydrogen) atoms. The summed E-state index contributed by atoms with van der Waals surface area (Å²) in [5, 5.41) is 10.6. The Bertz CT molecular complexity index is 752. The number of benzene rings is 2. The quantitative estimate of drug-likeness (QED) is 0.681. The van der Waals surface area contributed by atoms with E-state index in [1.54, 1.807) is 0 Å². The fourth-order valence-electron chi connectivity index (χ4n) is 3.17. The molecule has 1 N–H and O–H groups in total. The van der Waals surface area contributed by atoms with E-state index in [2.05, 4.69) is 71.2 Å². The summed E-state index contributed by atoms with van der Waals surface area (Å²) in [7, 11) is 2.07. The lowest BCUT2D eigenvalue weighted by atomic mass is 10.1. The Labute approximate surface area is 150 Å². The molecular weight excluding hydrogens is 308 g/mol. The van der Waals surface area contributed by atoms with Crippen LogP contribution in [-0.2, 0) is 26.6 Å². The lowest BCUT2D eigenvalue weighted by molar-refractivity contribution is 0.103. The van der Waals surface area contributed by atoms with Crippen molar-refractivity contribution in [3.8, 4) is 0 Å². The van der Waals surface area contributed by atoms with E-state index in [1.165, 1.54) is 16.8 Å². The summed E-state index contributed by atoms with van der Waals surface area (Å²) in [6.07, 6.45) is 2.36. The third-order valence-corrected chi connectivity index (χ3v) is 4.47. The fourth-order valence-corrected chi connectivity index (χ4v) is 3.17. The third kappa shape index (κ3) is 5.31. The van der Waals surface area contributed by atoms with E-state index < -0.39 is 0 Å². The molecular formula is C22H26N2O. The van der Waals surface area contributed by atoms with Crippen LogP contribution in [0.5, 0.6) is 0 Å². The minimum atomic E-state index is -0.383. The van der Waals surface area contributed by atoms with Crippen LogP contribution in [0.2, 0.25) is 0 Å². The van der Waals surface area contributed by atoms with Gasteiger partial charge in [0.1, 0.15) is 0 Å². The fraction of sp³-hybridized carbons (Fsp3) is 0.273. The molecule has 0 radical (unpaired) electrons. The maximum Gasteiger partial charge on any atom is 0.0707 e. The van der Waals surface area contributed by atoms with Crippen LogP contribution in [0.4, 0.5) is 0 Å². The highest BCUT2D eigenvalue weighted by atomic mass is 16.3. The first-order valence-electron chi connectivity index (χ1n) is 8.79. The average Bonchev–Trinajstić information content (AvgIpc) is 3.01. The first kappa shape index (κ1) is 17.5. The average molecular weight is 334 g/mol. The van der Waals surface area contributed by atoms with Crippen molar-refractivity contribution in [2.45, 2.75) is 25.6 Å². The van der Waals surface area contributed by atoms with Crippen molar-refractivity contribution in [3.63, 3.8) is 0 Å². The van der Waals surface area contributed by atoms with Crippen LogP contribution in [0.3, 0.4) is 0 Å². The molecule has 0 bridgehead atoms. The molecule has 0 amide bonds. The summed E-state index contributed by atoms with van der Waals surface area (Å²) in [5.74, 6) is 0. The number of rotatable bonds is 8. The number of nitrogens with zero attached hydrogens (tertiary/aromatic N) is 2. The van der Waals surface area contributed by atoms with E-state index in [4.69, 9.17) is 0 Å². The van der Waals surface area contributed by atoms with Gasteiger partial charge in [0.15, 0.2) is 0 Å². The van der Waals surface area contributed by atoms with Gasteiger partial charge in [-0.2, -0.15) is 0 Å². The van der Waals surface area contributed by atoms with Crippen LogP contribution in [0.1, 0.15) is 16.8 Å². The first-order chi connectivity index (χ1) is 12.2. The Morgan fingerprint density at radius 3 is 2.08 bits per heavy atom. The predicted molar refractivity (Wildman–Crippen MR) is 102 cm³/mol. The molecule has 0 saturated heterocycles. The molecule has 0 saturated carbocycles. The molecule has 3 nitrogen and oxygen atoms in total. The van der Waals surface area contributed by atoms with Gasteiger partial charge in [0, 0.05) is 38.6 Å². The van der Waals surface area contributed by atoms with Crippen LogP contribution in [0, 0.1) is 0 Å². The predicted octanol–water partition coefficient (Wildman–Crippen LogP) is 3.63. The number of aliphatic hydroxyl groups is 1. The van der Waals surface area contributed by atoms with Gasteiger partial charge < -0.3 is 9.67 Å². The van der Waals surface area contributed by atoms with E-state index in [-0.39, 0.29) is 6.10 Å². The van der Waals surface area contributed by atoms with E-state index in [0.29, 0.717) is 13.0 Å². The Balaban J connectivity index is 1.67. The largest absolute Gasteiger partial charge is 0.391 e. The van der Waals surface area contributed by atoms with Crippen molar-refractivity contribution in [2.24, 2.45) is 7.05 Å². The molecule has 2 aromatic carbocycles. The van der Waals surface area contributed by atoms with E-state index >= 15 is 0 Å². The Hall–Kier alpha value is -2.36. The van der Waals surface area contributed by atoms with Crippen molar-refractivity contribution < 1.29 is 5.11 Å². The zero-order valence-electron chi connectivity index (χ0n) is 14.8. The lowest BCUT2D eigenvalue weighted by Gasteiger charge is -2.25. The molecule has 1 aromatic heterocycles. The number of aryl methyl sites for hydroxylation is 1. The Kier molecular flexibility index (Phi) is 6.04. The topological polar surface area (TPSA) is 28.4 Å². The molecule has 1 atom stereocenters. The summed E-state index contributed by atoms with van der Waals surface area (Å²) in [6.45, 7) is 2.30. The summed E-state index contributed by atoms with van der Waals surface area (Å²) >= 11 is 0. The maximum absolute atomic E-state index is 10.6. The number of hydrogen-bond acceptors (Lipinski definition) is 2. The standard InChI is InChI=1S/C22H26N2O/c1-23-14-8-13-21(23)17-24(16-20-11-6-3-7-12-20)18-22(25)15-19-9-4-2-5-10-19/h2-14,22,25H,15-18H2,1H3. The molecule has 0 fully saturated rings. The van der Waals surface area contributed by atoms with E-state index in [1.807, 2.05) is 24.3 Å². The lowest BCUT2D eigenvalue weighted by Crippen LogP contribution is -2.33. The minimum Gasteiger partial charge on any atom is -0.391 e. The Morgan fingerprint density at radius 2 is 1.48 bits per heavy atom. The molecule has 0 aliphatic rings. The normalized spacial score (nSPS) is 12.4. The molecule has 0 aliphatic carbocycles. The number of hydrogen-bond donors (Lipinski definition) is 1. The number of aromatic nitrogens is 1. The summed E-state index contributed by atoms with van der Waals surface area (Å²) in [4.78, 5) is 2.32. The second kappa shape index (κ2) is 8.65. The zero-order valence-corrected chi connectivity index (χ0v) is 14.8. The van der Waals surface area contributed by atoms with Gasteiger partial charge in [0.2, 0.25) is 0 Å². The molecule has 130 valence electrons. The second-order valence-electron chi connectivity index (χ2n) is 6.61. The monoisotopic (exact) mass is 334 g/mol. The molecule has 0 spiro atoms. The van der Waals surface area contributed by atoms with Crippen LogP contribution in [0.15, 0.2) is 79.0 Å². The van der Waals surface area contributed by atoms with Gasteiger partial charge >= 0.3 is 0 Å². The second-order valence-corrected chi connectivity index (χ2v) is 6.61. The van der Waals surface area contributed by atoms with E-state index in [9.17, 15) is 5.11 Å². The van der Waals surface area contributed by atoms with Gasteiger partial charge in [-0.25, -0.2) is 0 Å². The molecule has 3 rings (SSSR count). The molecule has 1 unspecified atom stereocenters. The van der Waals surface area contributed by atoms with Crippen molar-refractivity contribution in [1.82, 2.24) is 9.47 Å². The van der Waals surface area contributed by atoms with Crippen LogP contribution < -0.4 is 0 Å². The van der Waals surface area contributed by atoms with Gasteiger partial charge in [-0.15, -0.1) is 0 Å². The van der Waals surface area contributed by atoms with Crippen LogP contribution in [-0.4, -0.2) is 27.2 Å². The van der Waals surface area contributed by atoms with Gasteiger partial charge in [-0.05, 0) is 29.7 Å². The molecule has 0 aliphatic heterocycles.